The fourth-order valence-electron chi connectivity index (χ4n) is 0.369. The molecule has 0 fully saturated rings. The zero-order valence-corrected chi connectivity index (χ0v) is 7.87. The van der Waals surface area contributed by atoms with E-state index in [9.17, 15) is 4.39 Å². The fraction of sp³-hybridized carbons (Fsp3) is 1.00. The van der Waals surface area contributed by atoms with Crippen molar-refractivity contribution in [2.75, 3.05) is 6.67 Å². The lowest BCUT2D eigenvalue weighted by Gasteiger charge is -2.00. The Bertz CT molecular complexity index is 64.5. The summed E-state index contributed by atoms with van der Waals surface area (Å²) < 4.78 is 16.3. The summed E-state index contributed by atoms with van der Waals surface area (Å²) in [6.07, 6.45) is 0.576. The van der Waals surface area contributed by atoms with Crippen LogP contribution in [-0.2, 0) is 4.43 Å². The maximum Gasteiger partial charge on any atom is 0.197 e. The van der Waals surface area contributed by atoms with Gasteiger partial charge in [0.05, 0.1) is 6.67 Å². The van der Waals surface area contributed by atoms with Crippen molar-refractivity contribution >= 4 is 33.0 Å². The second-order valence-corrected chi connectivity index (χ2v) is 3.99. The topological polar surface area (TPSA) is 9.23 Å². The first-order valence-electron chi connectivity index (χ1n) is 2.73. The van der Waals surface area contributed by atoms with E-state index in [1.807, 2.05) is 0 Å². The SMILES string of the molecule is FCCC[SiH2]OC(Cl)Cl. The Morgan fingerprint density at radius 3 is 2.67 bits per heavy atom. The molecule has 0 aromatic heterocycles. The van der Waals surface area contributed by atoms with Gasteiger partial charge in [-0.2, -0.15) is 0 Å². The third-order valence-electron chi connectivity index (χ3n) is 0.772. The van der Waals surface area contributed by atoms with E-state index < -0.39 is 14.8 Å². The Hall–Kier alpha value is 0.687. The van der Waals surface area contributed by atoms with Crippen LogP contribution >= 0.6 is 23.2 Å². The maximum atomic E-state index is 11.4. The van der Waals surface area contributed by atoms with Gasteiger partial charge in [0.2, 0.25) is 0 Å². The third kappa shape index (κ3) is 8.69. The van der Waals surface area contributed by atoms with E-state index in [1.54, 1.807) is 0 Å². The molecule has 0 saturated carbocycles. The highest BCUT2D eigenvalue weighted by Crippen LogP contribution is 2.03. The molecule has 0 N–H and O–H groups in total. The highest BCUT2D eigenvalue weighted by molar-refractivity contribution is 6.45. The molecular weight excluding hydrogens is 182 g/mol. The molecule has 5 heteroatoms. The van der Waals surface area contributed by atoms with Crippen molar-refractivity contribution < 1.29 is 8.82 Å². The van der Waals surface area contributed by atoms with E-state index in [2.05, 4.69) is 0 Å². The second kappa shape index (κ2) is 6.80. The summed E-state index contributed by atoms with van der Waals surface area (Å²) in [6.45, 7) is -0.272. The lowest BCUT2D eigenvalue weighted by atomic mass is 10.6. The van der Waals surface area contributed by atoms with Gasteiger partial charge in [0.1, 0.15) is 0 Å². The van der Waals surface area contributed by atoms with Crippen LogP contribution in [0.25, 0.3) is 0 Å². The summed E-state index contributed by atoms with van der Waals surface area (Å²) in [5, 5.41) is -0.712. The minimum atomic E-state index is -0.712. The third-order valence-corrected chi connectivity index (χ3v) is 2.80. The summed E-state index contributed by atoms with van der Waals surface area (Å²) in [5.41, 5.74) is 0. The smallest absolute Gasteiger partial charge is 0.197 e. The normalized spacial score (nSPS) is 12.0. The van der Waals surface area contributed by atoms with Crippen molar-refractivity contribution in [3.63, 3.8) is 0 Å². The number of hydrogen-bond acceptors (Lipinski definition) is 1. The van der Waals surface area contributed by atoms with Crippen LogP contribution in [-0.4, -0.2) is 21.5 Å². The predicted molar refractivity (Wildman–Crippen MR) is 40.5 cm³/mol. The molecule has 0 atom stereocenters. The molecule has 0 amide bonds. The Kier molecular flexibility index (Phi) is 7.32. The van der Waals surface area contributed by atoms with Gasteiger partial charge in [-0.05, 0) is 12.5 Å². The molecule has 0 radical (unpaired) electrons. The van der Waals surface area contributed by atoms with Crippen molar-refractivity contribution in [1.29, 1.82) is 0 Å². The molecule has 0 aromatic rings. The Labute approximate surface area is 66.4 Å². The zero-order valence-electron chi connectivity index (χ0n) is 4.95. The van der Waals surface area contributed by atoms with Gasteiger partial charge in [0.25, 0.3) is 0 Å². The molecule has 0 heterocycles. The molecule has 0 rings (SSSR count). The number of alkyl halides is 3. The molecule has 0 bridgehead atoms. The molecular formula is C4H9Cl2FOSi. The Morgan fingerprint density at radius 1 is 1.56 bits per heavy atom. The van der Waals surface area contributed by atoms with Crippen LogP contribution < -0.4 is 0 Å². The van der Waals surface area contributed by atoms with Gasteiger partial charge in [0, 0.05) is 0 Å². The molecule has 0 saturated heterocycles. The molecule has 0 spiro atoms. The molecule has 0 aromatic carbocycles. The largest absolute Gasteiger partial charge is 0.397 e. The van der Waals surface area contributed by atoms with Crippen LogP contribution in [0, 0.1) is 0 Å². The monoisotopic (exact) mass is 190 g/mol. The average Bonchev–Trinajstić information content (AvgIpc) is 1.80. The van der Waals surface area contributed by atoms with Crippen LogP contribution in [0.3, 0.4) is 0 Å². The van der Waals surface area contributed by atoms with Crippen LogP contribution in [0.5, 0.6) is 0 Å². The van der Waals surface area contributed by atoms with Gasteiger partial charge in [-0.15, -0.1) is 0 Å². The van der Waals surface area contributed by atoms with E-state index in [0.717, 1.165) is 6.04 Å². The van der Waals surface area contributed by atoms with Gasteiger partial charge in [-0.25, -0.2) is 0 Å². The highest BCUT2D eigenvalue weighted by Gasteiger charge is 1.96. The van der Waals surface area contributed by atoms with Crippen molar-refractivity contribution in [2.24, 2.45) is 0 Å². The highest BCUT2D eigenvalue weighted by atomic mass is 35.5. The van der Waals surface area contributed by atoms with Crippen molar-refractivity contribution in [3.8, 4) is 0 Å². The molecule has 0 aliphatic heterocycles. The molecule has 0 aliphatic carbocycles. The first-order valence-corrected chi connectivity index (χ1v) is 5.18. The second-order valence-electron chi connectivity index (χ2n) is 1.53. The van der Waals surface area contributed by atoms with E-state index in [1.165, 1.54) is 0 Å². The molecule has 0 unspecified atom stereocenters. The maximum absolute atomic E-state index is 11.4. The minimum absolute atomic E-state index is 0.272. The minimum Gasteiger partial charge on any atom is -0.397 e. The van der Waals surface area contributed by atoms with Crippen molar-refractivity contribution in [2.45, 2.75) is 17.5 Å². The summed E-state index contributed by atoms with van der Waals surface area (Å²) in [5.74, 6) is 0. The van der Waals surface area contributed by atoms with Crippen LogP contribution in [0.4, 0.5) is 4.39 Å². The van der Waals surface area contributed by atoms with Gasteiger partial charge in [-0.1, -0.05) is 23.2 Å². The number of rotatable bonds is 5. The first-order chi connectivity index (χ1) is 4.27. The van der Waals surface area contributed by atoms with Crippen LogP contribution in [0.15, 0.2) is 0 Å². The molecule has 9 heavy (non-hydrogen) atoms. The number of halogens is 3. The van der Waals surface area contributed by atoms with Crippen molar-refractivity contribution in [1.82, 2.24) is 0 Å². The zero-order chi connectivity index (χ0) is 7.11. The molecule has 0 aliphatic rings. The van der Waals surface area contributed by atoms with Crippen molar-refractivity contribution in [3.05, 3.63) is 0 Å². The summed E-state index contributed by atoms with van der Waals surface area (Å²) in [4.78, 5) is 0. The van der Waals surface area contributed by atoms with Gasteiger partial charge in [-0.3, -0.25) is 4.39 Å². The quantitative estimate of drug-likeness (QED) is 0.364. The summed E-state index contributed by atoms with van der Waals surface area (Å²) in [6, 6.07) is 0.812. The van der Waals surface area contributed by atoms with Crippen LogP contribution in [0.2, 0.25) is 6.04 Å². The molecule has 56 valence electrons. The van der Waals surface area contributed by atoms with E-state index in [-0.39, 0.29) is 6.67 Å². The average molecular weight is 191 g/mol. The van der Waals surface area contributed by atoms with E-state index in [4.69, 9.17) is 27.6 Å². The summed E-state index contributed by atoms with van der Waals surface area (Å²) in [7, 11) is -0.651. The van der Waals surface area contributed by atoms with E-state index in [0.29, 0.717) is 6.42 Å². The number of hydrogen-bond donors (Lipinski definition) is 0. The fourth-order valence-corrected chi connectivity index (χ4v) is 1.64. The van der Waals surface area contributed by atoms with Crippen LogP contribution in [0.1, 0.15) is 6.42 Å². The Morgan fingerprint density at radius 2 is 2.22 bits per heavy atom. The van der Waals surface area contributed by atoms with Gasteiger partial charge >= 0.3 is 0 Å². The predicted octanol–water partition coefficient (Wildman–Crippen LogP) is 1.63. The standard InChI is InChI=1S/C4H9Cl2FOSi/c5-4(6)8-9-3-1-2-7/h4H,1-3,9H2. The Balaban J connectivity index is 2.75. The first kappa shape index (κ1) is 9.69. The van der Waals surface area contributed by atoms with E-state index >= 15 is 0 Å². The lowest BCUT2D eigenvalue weighted by molar-refractivity contribution is 0.371. The van der Waals surface area contributed by atoms with Gasteiger partial charge < -0.3 is 4.43 Å². The van der Waals surface area contributed by atoms with Gasteiger partial charge in [0.15, 0.2) is 14.8 Å². The molecule has 1 nitrogen and oxygen atoms in total. The lowest BCUT2D eigenvalue weighted by Crippen LogP contribution is -2.02. The summed E-state index contributed by atoms with van der Waals surface area (Å²) >= 11 is 10.5.